The number of benzene rings is 2. The van der Waals surface area contributed by atoms with Crippen molar-refractivity contribution in [3.63, 3.8) is 0 Å². The lowest BCUT2D eigenvalue weighted by molar-refractivity contribution is -0.118. The van der Waals surface area contributed by atoms with Gasteiger partial charge in [-0.25, -0.2) is 0 Å². The highest BCUT2D eigenvalue weighted by Crippen LogP contribution is 2.31. The Kier molecular flexibility index (Phi) is 3.80. The van der Waals surface area contributed by atoms with Gasteiger partial charge in [-0.15, -0.1) is 0 Å². The summed E-state index contributed by atoms with van der Waals surface area (Å²) in [6.07, 6.45) is 0.830. The van der Waals surface area contributed by atoms with E-state index in [0.717, 1.165) is 23.3 Å². The molecule has 2 aromatic rings. The van der Waals surface area contributed by atoms with E-state index >= 15 is 0 Å². The average Bonchev–Trinajstić information content (AvgIpc) is 3.08. The van der Waals surface area contributed by atoms with Crippen molar-refractivity contribution in [1.29, 1.82) is 0 Å². The number of ether oxygens (including phenoxy) is 2. The lowest BCUT2D eigenvalue weighted by atomic mass is 10.0. The molecule has 0 spiro atoms. The number of anilines is 1. The maximum Gasteiger partial charge on any atom is 0.262 e. The van der Waals surface area contributed by atoms with E-state index in [9.17, 15) is 9.59 Å². The summed E-state index contributed by atoms with van der Waals surface area (Å²) >= 11 is 0. The zero-order chi connectivity index (χ0) is 17.4. The second kappa shape index (κ2) is 6.12. The Labute approximate surface area is 145 Å². The predicted molar refractivity (Wildman–Crippen MR) is 92.1 cm³/mol. The van der Waals surface area contributed by atoms with Crippen molar-refractivity contribution in [2.45, 2.75) is 19.4 Å². The molecule has 0 radical (unpaired) electrons. The second-order valence-corrected chi connectivity index (χ2v) is 6.21. The predicted octanol–water partition coefficient (Wildman–Crippen LogP) is 2.44. The number of rotatable bonds is 3. The van der Waals surface area contributed by atoms with Crippen LogP contribution in [0.4, 0.5) is 5.69 Å². The molecule has 1 atom stereocenters. The molecule has 2 heterocycles. The fraction of sp³-hybridized carbons (Fsp3) is 0.263. The van der Waals surface area contributed by atoms with Gasteiger partial charge in [-0.3, -0.25) is 9.59 Å². The van der Waals surface area contributed by atoms with Crippen LogP contribution >= 0.6 is 0 Å². The molecule has 128 valence electrons. The monoisotopic (exact) mass is 338 g/mol. The molecule has 2 aliphatic heterocycles. The zero-order valence-electron chi connectivity index (χ0n) is 13.8. The fourth-order valence-electron chi connectivity index (χ4n) is 3.06. The van der Waals surface area contributed by atoms with E-state index in [1.807, 2.05) is 31.2 Å². The van der Waals surface area contributed by atoms with E-state index in [4.69, 9.17) is 9.47 Å². The van der Waals surface area contributed by atoms with Crippen LogP contribution < -0.4 is 20.1 Å². The molecule has 0 aliphatic carbocycles. The van der Waals surface area contributed by atoms with Crippen LogP contribution in [-0.4, -0.2) is 25.0 Å². The van der Waals surface area contributed by atoms with Gasteiger partial charge in [-0.2, -0.15) is 0 Å². The summed E-state index contributed by atoms with van der Waals surface area (Å²) in [5, 5.41) is 5.77. The van der Waals surface area contributed by atoms with E-state index < -0.39 is 0 Å². The minimum Gasteiger partial charge on any atom is -0.493 e. The fourth-order valence-corrected chi connectivity index (χ4v) is 3.06. The Balaban J connectivity index is 1.50. The zero-order valence-corrected chi connectivity index (χ0v) is 13.8. The summed E-state index contributed by atoms with van der Waals surface area (Å²) in [6.45, 7) is 2.60. The largest absolute Gasteiger partial charge is 0.493 e. The maximum absolute atomic E-state index is 12.5. The van der Waals surface area contributed by atoms with Gasteiger partial charge in [0, 0.05) is 12.0 Å². The minimum absolute atomic E-state index is 0.0285. The van der Waals surface area contributed by atoms with E-state index in [-0.39, 0.29) is 24.5 Å². The van der Waals surface area contributed by atoms with Crippen LogP contribution in [-0.2, 0) is 11.2 Å². The molecule has 2 aliphatic rings. The van der Waals surface area contributed by atoms with Gasteiger partial charge in [0.05, 0.1) is 18.3 Å². The van der Waals surface area contributed by atoms with Gasteiger partial charge < -0.3 is 20.1 Å². The molecule has 6 heteroatoms. The Morgan fingerprint density at radius 3 is 2.88 bits per heavy atom. The molecule has 1 unspecified atom stereocenters. The highest BCUT2D eigenvalue weighted by atomic mass is 16.5. The van der Waals surface area contributed by atoms with E-state index in [0.29, 0.717) is 23.6 Å². The molecule has 0 bridgehead atoms. The van der Waals surface area contributed by atoms with Gasteiger partial charge in [0.25, 0.3) is 11.8 Å². The van der Waals surface area contributed by atoms with Crippen molar-refractivity contribution in [2.75, 3.05) is 18.5 Å². The van der Waals surface area contributed by atoms with Crippen LogP contribution in [0.5, 0.6) is 11.5 Å². The summed E-state index contributed by atoms with van der Waals surface area (Å²) in [4.78, 5) is 24.0. The molecule has 0 aromatic heterocycles. The third-order valence-electron chi connectivity index (χ3n) is 4.44. The molecule has 2 aromatic carbocycles. The Morgan fingerprint density at radius 1 is 1.16 bits per heavy atom. The molecular weight excluding hydrogens is 320 g/mol. The molecule has 0 saturated carbocycles. The van der Waals surface area contributed by atoms with E-state index in [1.54, 1.807) is 12.1 Å². The maximum atomic E-state index is 12.5. The number of nitrogens with one attached hydrogen (secondary N) is 2. The van der Waals surface area contributed by atoms with Crippen LogP contribution in [0, 0.1) is 0 Å². The normalized spacial score (nSPS) is 16.0. The molecular formula is C19H18N2O4. The van der Waals surface area contributed by atoms with Gasteiger partial charge in [-0.05, 0) is 48.4 Å². The van der Waals surface area contributed by atoms with E-state index in [2.05, 4.69) is 10.6 Å². The Hall–Kier alpha value is -3.02. The quantitative estimate of drug-likeness (QED) is 0.901. The summed E-state index contributed by atoms with van der Waals surface area (Å²) < 4.78 is 10.8. The average molecular weight is 338 g/mol. The Morgan fingerprint density at radius 2 is 2.00 bits per heavy atom. The topological polar surface area (TPSA) is 76.7 Å². The van der Waals surface area contributed by atoms with Gasteiger partial charge in [0.15, 0.2) is 6.61 Å². The van der Waals surface area contributed by atoms with Crippen molar-refractivity contribution < 1.29 is 19.1 Å². The first-order valence-corrected chi connectivity index (χ1v) is 8.23. The summed E-state index contributed by atoms with van der Waals surface area (Å²) in [5.41, 5.74) is 3.20. The van der Waals surface area contributed by atoms with Crippen LogP contribution in [0.2, 0.25) is 0 Å². The second-order valence-electron chi connectivity index (χ2n) is 6.21. The number of carbonyl (C=O) groups is 2. The minimum atomic E-state index is -0.207. The van der Waals surface area contributed by atoms with Crippen molar-refractivity contribution in [3.05, 3.63) is 53.1 Å². The van der Waals surface area contributed by atoms with Crippen molar-refractivity contribution in [1.82, 2.24) is 5.32 Å². The van der Waals surface area contributed by atoms with Gasteiger partial charge in [0.1, 0.15) is 11.5 Å². The van der Waals surface area contributed by atoms with E-state index in [1.165, 1.54) is 0 Å². The molecule has 4 rings (SSSR count). The molecule has 6 nitrogen and oxygen atoms in total. The summed E-state index contributed by atoms with van der Waals surface area (Å²) in [5.74, 6) is 1.18. The molecule has 0 fully saturated rings. The highest BCUT2D eigenvalue weighted by molar-refractivity contribution is 5.96. The number of hydrogen-bond acceptors (Lipinski definition) is 4. The summed E-state index contributed by atoms with van der Waals surface area (Å²) in [6, 6.07) is 10.8. The molecule has 2 N–H and O–H groups in total. The van der Waals surface area contributed by atoms with Gasteiger partial charge in [-0.1, -0.05) is 6.07 Å². The third kappa shape index (κ3) is 3.03. The molecule has 0 saturated heterocycles. The van der Waals surface area contributed by atoms with Crippen LogP contribution in [0.3, 0.4) is 0 Å². The first-order valence-electron chi connectivity index (χ1n) is 8.23. The summed E-state index contributed by atoms with van der Waals surface area (Å²) in [7, 11) is 0. The van der Waals surface area contributed by atoms with Crippen molar-refractivity contribution >= 4 is 17.5 Å². The number of hydrogen-bond donors (Lipinski definition) is 2. The number of carbonyl (C=O) groups excluding carboxylic acids is 2. The molecule has 25 heavy (non-hydrogen) atoms. The molecule has 2 amide bonds. The SMILES string of the molecule is CC(NC(=O)c1ccc2c(c1)CCO2)c1ccc2c(c1)NC(=O)CO2. The smallest absolute Gasteiger partial charge is 0.262 e. The van der Waals surface area contributed by atoms with Crippen LogP contribution in [0.15, 0.2) is 36.4 Å². The van der Waals surface area contributed by atoms with Crippen molar-refractivity contribution in [3.8, 4) is 11.5 Å². The third-order valence-corrected chi connectivity index (χ3v) is 4.44. The van der Waals surface area contributed by atoms with Gasteiger partial charge >= 0.3 is 0 Å². The van der Waals surface area contributed by atoms with Crippen molar-refractivity contribution in [2.24, 2.45) is 0 Å². The van der Waals surface area contributed by atoms with Crippen LogP contribution in [0.1, 0.15) is 34.5 Å². The first-order chi connectivity index (χ1) is 12.1. The lowest BCUT2D eigenvalue weighted by Crippen LogP contribution is -2.28. The highest BCUT2D eigenvalue weighted by Gasteiger charge is 2.19. The first kappa shape index (κ1) is 15.5. The number of fused-ring (bicyclic) bond motifs is 2. The van der Waals surface area contributed by atoms with Crippen LogP contribution in [0.25, 0.3) is 0 Å². The standard InChI is InChI=1S/C19H18N2O4/c1-11(12-2-5-17-15(9-12)21-18(22)10-25-17)20-19(23)14-3-4-16-13(8-14)6-7-24-16/h2-5,8-9,11H,6-7,10H2,1H3,(H,20,23)(H,21,22). The Bertz CT molecular complexity index is 862. The lowest BCUT2D eigenvalue weighted by Gasteiger charge is -2.21. The number of amides is 2. The van der Waals surface area contributed by atoms with Gasteiger partial charge in [0.2, 0.25) is 0 Å².